The average Bonchev–Trinajstić information content (AvgIpc) is 2.98. The third kappa shape index (κ3) is 7.50. The summed E-state index contributed by atoms with van der Waals surface area (Å²) in [6.07, 6.45) is 1.68. The highest BCUT2D eigenvalue weighted by Crippen LogP contribution is 2.30. The van der Waals surface area contributed by atoms with Gasteiger partial charge in [-0.1, -0.05) is 74.5 Å². The third-order valence-corrected chi connectivity index (χ3v) is 6.91. The molecule has 1 aliphatic heterocycles. The molecule has 3 aromatic rings. The maximum atomic E-state index is 13.8. The van der Waals surface area contributed by atoms with E-state index < -0.39 is 41.3 Å². The smallest absolute Gasteiger partial charge is 0.334 e. The highest BCUT2D eigenvalue weighted by molar-refractivity contribution is 6.00. The van der Waals surface area contributed by atoms with Crippen molar-refractivity contribution in [3.8, 4) is 5.75 Å². The number of nitro benzene ring substituents is 1. The van der Waals surface area contributed by atoms with Crippen LogP contribution in [0.1, 0.15) is 31.9 Å². The number of amides is 3. The molecule has 11 heteroatoms. The van der Waals surface area contributed by atoms with Gasteiger partial charge < -0.3 is 15.0 Å². The van der Waals surface area contributed by atoms with Gasteiger partial charge in [0.05, 0.1) is 10.6 Å². The maximum Gasteiger partial charge on any atom is 0.334 e. The lowest BCUT2D eigenvalue weighted by Crippen LogP contribution is -2.56. The Morgan fingerprint density at radius 2 is 1.56 bits per heavy atom. The monoisotopic (exact) mass is 584 g/mol. The largest absolute Gasteiger partial charge is 0.425 e. The van der Waals surface area contributed by atoms with Crippen LogP contribution in [0.25, 0.3) is 5.70 Å². The number of nitrogens with one attached hydrogen (secondary N) is 1. The second kappa shape index (κ2) is 13.6. The number of hydrogen-bond donors (Lipinski definition) is 1. The fourth-order valence-electron chi connectivity index (χ4n) is 4.82. The van der Waals surface area contributed by atoms with E-state index in [1.165, 1.54) is 41.0 Å². The highest BCUT2D eigenvalue weighted by Gasteiger charge is 2.40. The van der Waals surface area contributed by atoms with Crippen molar-refractivity contribution in [1.29, 1.82) is 0 Å². The van der Waals surface area contributed by atoms with E-state index in [4.69, 9.17) is 4.74 Å². The Morgan fingerprint density at radius 1 is 0.953 bits per heavy atom. The summed E-state index contributed by atoms with van der Waals surface area (Å²) in [5.74, 6) is -2.28. The number of nitrogens with zero attached hydrogens (tertiary/aromatic N) is 3. The summed E-state index contributed by atoms with van der Waals surface area (Å²) in [6, 6.07) is 21.0. The number of hydrogen-bond acceptors (Lipinski definition) is 7. The predicted molar refractivity (Wildman–Crippen MR) is 158 cm³/mol. The van der Waals surface area contributed by atoms with Crippen LogP contribution in [0.3, 0.4) is 0 Å². The second-order valence-corrected chi connectivity index (χ2v) is 10.4. The van der Waals surface area contributed by atoms with Gasteiger partial charge in [-0.3, -0.25) is 29.4 Å². The molecule has 4 rings (SSSR count). The highest BCUT2D eigenvalue weighted by atomic mass is 16.6. The molecule has 0 bridgehead atoms. The molecule has 3 aromatic carbocycles. The lowest BCUT2D eigenvalue weighted by molar-refractivity contribution is -0.384. The Morgan fingerprint density at radius 3 is 2.12 bits per heavy atom. The van der Waals surface area contributed by atoms with Gasteiger partial charge in [0.2, 0.25) is 11.8 Å². The summed E-state index contributed by atoms with van der Waals surface area (Å²) in [5, 5.41) is 13.7. The van der Waals surface area contributed by atoms with Crippen LogP contribution in [0.5, 0.6) is 5.75 Å². The zero-order valence-electron chi connectivity index (χ0n) is 24.0. The Balaban J connectivity index is 1.60. The van der Waals surface area contributed by atoms with E-state index in [1.54, 1.807) is 54.7 Å². The van der Waals surface area contributed by atoms with E-state index in [0.717, 1.165) is 5.56 Å². The van der Waals surface area contributed by atoms with Crippen molar-refractivity contribution in [3.63, 3.8) is 0 Å². The van der Waals surface area contributed by atoms with Gasteiger partial charge in [0, 0.05) is 31.7 Å². The first-order chi connectivity index (χ1) is 20.5. The molecule has 0 saturated heterocycles. The van der Waals surface area contributed by atoms with Gasteiger partial charge in [0.25, 0.3) is 11.6 Å². The van der Waals surface area contributed by atoms with Gasteiger partial charge in [-0.15, -0.1) is 0 Å². The number of carbonyl (C=O) groups excluding carboxylic acids is 4. The molecule has 3 amide bonds. The van der Waals surface area contributed by atoms with Crippen LogP contribution in [-0.4, -0.2) is 57.0 Å². The lowest BCUT2D eigenvalue weighted by atomic mass is 9.97. The minimum atomic E-state index is -1.14. The third-order valence-electron chi connectivity index (χ3n) is 6.91. The van der Waals surface area contributed by atoms with Crippen molar-refractivity contribution in [2.75, 3.05) is 6.54 Å². The molecule has 0 spiro atoms. The van der Waals surface area contributed by atoms with Crippen molar-refractivity contribution in [2.45, 2.75) is 39.3 Å². The molecular formula is C32H32N4O7. The van der Waals surface area contributed by atoms with Crippen LogP contribution in [0.15, 0.2) is 91.1 Å². The first-order valence-corrected chi connectivity index (χ1v) is 13.7. The first-order valence-electron chi connectivity index (χ1n) is 13.7. The van der Waals surface area contributed by atoms with Gasteiger partial charge in [-0.25, -0.2) is 4.79 Å². The van der Waals surface area contributed by atoms with Crippen LogP contribution in [-0.2, 0) is 25.6 Å². The number of nitro groups is 1. The zero-order chi connectivity index (χ0) is 31.1. The number of carbonyl (C=O) groups is 4. The second-order valence-electron chi connectivity index (χ2n) is 10.4. The van der Waals surface area contributed by atoms with E-state index in [9.17, 15) is 29.3 Å². The Hall–Kier alpha value is -5.32. The normalized spacial score (nSPS) is 15.5. The molecule has 0 saturated carbocycles. The summed E-state index contributed by atoms with van der Waals surface area (Å²) in [4.78, 5) is 66.2. The van der Waals surface area contributed by atoms with E-state index >= 15 is 0 Å². The molecule has 1 aliphatic rings. The molecule has 11 nitrogen and oxygen atoms in total. The van der Waals surface area contributed by atoms with Crippen LogP contribution in [0, 0.1) is 16.0 Å². The van der Waals surface area contributed by atoms with Crippen molar-refractivity contribution < 1.29 is 28.8 Å². The molecule has 43 heavy (non-hydrogen) atoms. The van der Waals surface area contributed by atoms with Crippen molar-refractivity contribution >= 4 is 35.1 Å². The van der Waals surface area contributed by atoms with Gasteiger partial charge in [-0.05, 0) is 29.2 Å². The van der Waals surface area contributed by atoms with E-state index in [1.807, 2.05) is 26.0 Å². The molecule has 2 atom stereocenters. The van der Waals surface area contributed by atoms with Gasteiger partial charge in [0.15, 0.2) is 0 Å². The average molecular weight is 585 g/mol. The first kappa shape index (κ1) is 30.6. The molecule has 1 heterocycles. The lowest BCUT2D eigenvalue weighted by Gasteiger charge is -2.40. The summed E-state index contributed by atoms with van der Waals surface area (Å²) >= 11 is 0. The van der Waals surface area contributed by atoms with Gasteiger partial charge in [-0.2, -0.15) is 0 Å². The van der Waals surface area contributed by atoms with E-state index in [0.29, 0.717) is 11.3 Å². The van der Waals surface area contributed by atoms with Gasteiger partial charge in [0.1, 0.15) is 24.4 Å². The van der Waals surface area contributed by atoms with Crippen LogP contribution in [0.2, 0.25) is 0 Å². The molecule has 1 unspecified atom stereocenters. The summed E-state index contributed by atoms with van der Waals surface area (Å²) in [5.41, 5.74) is 1.60. The number of non-ortho nitro benzene ring substituents is 1. The minimum Gasteiger partial charge on any atom is -0.425 e. The molecular weight excluding hydrogens is 552 g/mol. The van der Waals surface area contributed by atoms with Crippen molar-refractivity contribution in [3.05, 3.63) is 112 Å². The zero-order valence-corrected chi connectivity index (χ0v) is 24.0. The summed E-state index contributed by atoms with van der Waals surface area (Å²) < 4.78 is 5.46. The van der Waals surface area contributed by atoms with Crippen molar-refractivity contribution in [2.24, 2.45) is 5.92 Å². The van der Waals surface area contributed by atoms with Crippen LogP contribution < -0.4 is 10.1 Å². The quantitative estimate of drug-likeness (QED) is 0.165. The van der Waals surface area contributed by atoms with Gasteiger partial charge >= 0.3 is 5.97 Å². The number of ether oxygens (including phenoxy) is 1. The van der Waals surface area contributed by atoms with Crippen molar-refractivity contribution in [1.82, 2.24) is 15.1 Å². The molecule has 0 fully saturated rings. The fraction of sp³-hybridized carbons (Fsp3) is 0.250. The van der Waals surface area contributed by atoms with E-state index in [-0.39, 0.29) is 29.7 Å². The Labute approximate surface area is 248 Å². The molecule has 222 valence electrons. The SMILES string of the molecule is CC(=O)N1C=C(c2ccccc2)N(CC(=O)N[C@H](Cc2ccccc2)C(=O)Oc2ccc([N+](=O)[O-])cc2)C(=O)C1C(C)C. The predicted octanol–water partition coefficient (Wildman–Crippen LogP) is 3.94. The fourth-order valence-corrected chi connectivity index (χ4v) is 4.82. The molecule has 0 aromatic heterocycles. The Kier molecular flexibility index (Phi) is 9.66. The van der Waals surface area contributed by atoms with Crippen LogP contribution >= 0.6 is 0 Å². The summed E-state index contributed by atoms with van der Waals surface area (Å²) in [7, 11) is 0. The molecule has 0 aliphatic carbocycles. The topological polar surface area (TPSA) is 139 Å². The molecule has 1 N–H and O–H groups in total. The minimum absolute atomic E-state index is 0.0764. The number of esters is 1. The molecule has 0 radical (unpaired) electrons. The number of rotatable bonds is 10. The Bertz CT molecular complexity index is 1520. The standard InChI is InChI=1S/C32H32N4O7/c1-21(2)30-31(39)35(28(19-34(30)22(3)37)24-12-8-5-9-13-24)20-29(38)33-27(18-23-10-6-4-7-11-23)32(40)43-26-16-14-25(15-17-26)36(41)42/h4-17,19,21,27,30H,18,20H2,1-3H3,(H,33,38)/t27-,30?/m1/s1. The maximum absolute atomic E-state index is 13.8. The summed E-state index contributed by atoms with van der Waals surface area (Å²) in [6.45, 7) is 4.61. The van der Waals surface area contributed by atoms with E-state index in [2.05, 4.69) is 5.32 Å². The number of benzene rings is 3. The van der Waals surface area contributed by atoms with Crippen LogP contribution in [0.4, 0.5) is 5.69 Å².